The topological polar surface area (TPSA) is 40.5 Å². The zero-order valence-corrected chi connectivity index (χ0v) is 15.4. The van der Waals surface area contributed by atoms with Gasteiger partial charge in [0.05, 0.1) is 0 Å². The lowest BCUT2D eigenvalue weighted by atomic mass is 9.69. The van der Waals surface area contributed by atoms with Gasteiger partial charge >= 0.3 is 0 Å². The molecular formula is C23H26FNO2. The van der Waals surface area contributed by atoms with E-state index in [0.717, 1.165) is 43.2 Å². The molecule has 2 aliphatic rings. The molecule has 27 heavy (non-hydrogen) atoms. The number of nitrogens with zero attached hydrogens (tertiary/aromatic N) is 1. The lowest BCUT2D eigenvalue weighted by Crippen LogP contribution is -2.71. The van der Waals surface area contributed by atoms with Crippen LogP contribution in [-0.4, -0.2) is 27.7 Å². The van der Waals surface area contributed by atoms with Gasteiger partial charge in [0.1, 0.15) is 12.1 Å². The highest BCUT2D eigenvalue weighted by molar-refractivity contribution is 5.94. The number of carbonyl (C=O) groups is 1. The summed E-state index contributed by atoms with van der Waals surface area (Å²) in [6.45, 7) is 0.349. The van der Waals surface area contributed by atoms with Crippen LogP contribution in [-0.2, 0) is 11.3 Å². The van der Waals surface area contributed by atoms with Crippen LogP contribution in [0.15, 0.2) is 60.7 Å². The summed E-state index contributed by atoms with van der Waals surface area (Å²) in [5.74, 6) is -0.726. The lowest BCUT2D eigenvalue weighted by Gasteiger charge is -2.54. The quantitative estimate of drug-likeness (QED) is 0.795. The maximum Gasteiger partial charge on any atom is 0.266 e. The van der Waals surface area contributed by atoms with Gasteiger partial charge in [0.2, 0.25) is 5.67 Å². The third-order valence-corrected chi connectivity index (χ3v) is 6.14. The predicted octanol–water partition coefficient (Wildman–Crippen LogP) is 4.42. The van der Waals surface area contributed by atoms with Crippen molar-refractivity contribution in [3.63, 3.8) is 0 Å². The van der Waals surface area contributed by atoms with E-state index in [1.807, 2.05) is 60.7 Å². The van der Waals surface area contributed by atoms with Gasteiger partial charge in [-0.1, -0.05) is 79.9 Å². The first kappa shape index (κ1) is 18.2. The molecule has 1 aliphatic carbocycles. The fourth-order valence-electron chi connectivity index (χ4n) is 4.70. The van der Waals surface area contributed by atoms with Gasteiger partial charge in [0, 0.05) is 6.54 Å². The monoisotopic (exact) mass is 367 g/mol. The predicted molar refractivity (Wildman–Crippen MR) is 103 cm³/mol. The van der Waals surface area contributed by atoms with E-state index in [1.165, 1.54) is 0 Å². The molecule has 3 atom stereocenters. The first-order chi connectivity index (χ1) is 13.1. The Kier molecular flexibility index (Phi) is 5.00. The molecule has 1 saturated heterocycles. The van der Waals surface area contributed by atoms with Gasteiger partial charge in [-0.05, 0) is 29.9 Å². The number of hydrogen-bond donors (Lipinski definition) is 1. The molecule has 0 radical (unpaired) electrons. The van der Waals surface area contributed by atoms with Gasteiger partial charge < -0.3 is 10.0 Å². The molecule has 2 aromatic carbocycles. The Bertz CT molecular complexity index is 775. The van der Waals surface area contributed by atoms with Gasteiger partial charge in [-0.2, -0.15) is 0 Å². The van der Waals surface area contributed by atoms with Crippen LogP contribution in [0, 0.1) is 5.92 Å². The van der Waals surface area contributed by atoms with Crippen LogP contribution in [0.1, 0.15) is 49.3 Å². The molecule has 4 rings (SSSR count). The Labute approximate surface area is 159 Å². The van der Waals surface area contributed by atoms with Gasteiger partial charge in [-0.15, -0.1) is 0 Å². The lowest BCUT2D eigenvalue weighted by molar-refractivity contribution is -0.203. The highest BCUT2D eigenvalue weighted by Crippen LogP contribution is 2.51. The van der Waals surface area contributed by atoms with Crippen LogP contribution in [0.2, 0.25) is 0 Å². The first-order valence-corrected chi connectivity index (χ1v) is 9.89. The fourth-order valence-corrected chi connectivity index (χ4v) is 4.70. The number of rotatable bonds is 5. The number of β-lactam (4-membered cyclic amide) rings is 1. The van der Waals surface area contributed by atoms with E-state index in [9.17, 15) is 9.90 Å². The first-order valence-electron chi connectivity index (χ1n) is 9.89. The van der Waals surface area contributed by atoms with E-state index in [4.69, 9.17) is 0 Å². The number of amides is 1. The average molecular weight is 367 g/mol. The molecule has 1 N–H and O–H groups in total. The second-order valence-corrected chi connectivity index (χ2v) is 7.84. The highest BCUT2D eigenvalue weighted by atomic mass is 19.1. The second-order valence-electron chi connectivity index (χ2n) is 7.84. The van der Waals surface area contributed by atoms with Gasteiger partial charge in [-0.3, -0.25) is 4.79 Å². The number of hydrogen-bond acceptors (Lipinski definition) is 2. The Balaban J connectivity index is 1.65. The van der Waals surface area contributed by atoms with Crippen LogP contribution in [0.5, 0.6) is 0 Å². The zero-order chi connectivity index (χ0) is 18.9. The largest absolute Gasteiger partial charge is 0.389 e. The maximum absolute atomic E-state index is 16.1. The van der Waals surface area contributed by atoms with Crippen LogP contribution >= 0.6 is 0 Å². The summed E-state index contributed by atoms with van der Waals surface area (Å²) < 4.78 is 16.1. The Morgan fingerprint density at radius 3 is 2.22 bits per heavy atom. The van der Waals surface area contributed by atoms with Crippen molar-refractivity contribution < 1.29 is 14.3 Å². The Hall–Kier alpha value is -2.20. The SMILES string of the molecule is O=C1N(Cc2ccccc2)[C@@H](c2ccccc2)[C@]1(F)C(O)C1CCCCC1. The van der Waals surface area contributed by atoms with Crippen molar-refractivity contribution in [2.24, 2.45) is 5.92 Å². The minimum atomic E-state index is -2.24. The van der Waals surface area contributed by atoms with Crippen LogP contribution in [0.3, 0.4) is 0 Å². The average Bonchev–Trinajstić information content (AvgIpc) is 2.74. The fraction of sp³-hybridized carbons (Fsp3) is 0.435. The van der Waals surface area contributed by atoms with Crippen molar-refractivity contribution >= 4 is 5.91 Å². The molecule has 2 fully saturated rings. The van der Waals surface area contributed by atoms with E-state index in [0.29, 0.717) is 6.54 Å². The summed E-state index contributed by atoms with van der Waals surface area (Å²) in [7, 11) is 0. The number of alkyl halides is 1. The molecule has 1 aliphatic heterocycles. The number of aliphatic hydroxyl groups excluding tert-OH is 1. The minimum Gasteiger partial charge on any atom is -0.389 e. The summed E-state index contributed by atoms with van der Waals surface area (Å²) in [5.41, 5.74) is -0.538. The van der Waals surface area contributed by atoms with Crippen molar-refractivity contribution in [2.45, 2.75) is 56.5 Å². The van der Waals surface area contributed by atoms with E-state index >= 15 is 4.39 Å². The molecule has 2 aromatic rings. The van der Waals surface area contributed by atoms with E-state index in [-0.39, 0.29) is 5.92 Å². The summed E-state index contributed by atoms with van der Waals surface area (Å²) in [4.78, 5) is 14.5. The smallest absolute Gasteiger partial charge is 0.266 e. The highest BCUT2D eigenvalue weighted by Gasteiger charge is 2.67. The van der Waals surface area contributed by atoms with Crippen molar-refractivity contribution in [3.8, 4) is 0 Å². The number of halogens is 1. The minimum absolute atomic E-state index is 0.141. The van der Waals surface area contributed by atoms with Gasteiger partial charge in [0.15, 0.2) is 0 Å². The summed E-state index contributed by atoms with van der Waals surface area (Å²) >= 11 is 0. The maximum atomic E-state index is 16.1. The second kappa shape index (κ2) is 7.43. The summed E-state index contributed by atoms with van der Waals surface area (Å²) in [6, 6.07) is 18.1. The third kappa shape index (κ3) is 3.16. The number of benzene rings is 2. The van der Waals surface area contributed by atoms with E-state index in [1.54, 1.807) is 4.90 Å². The van der Waals surface area contributed by atoms with Crippen LogP contribution in [0.25, 0.3) is 0 Å². The van der Waals surface area contributed by atoms with Crippen molar-refractivity contribution in [2.75, 3.05) is 0 Å². The summed E-state index contributed by atoms with van der Waals surface area (Å²) in [5, 5.41) is 10.9. The number of carbonyl (C=O) groups excluding carboxylic acids is 1. The molecule has 4 heteroatoms. The molecule has 0 bridgehead atoms. The molecule has 0 aromatic heterocycles. The van der Waals surface area contributed by atoms with Gasteiger partial charge in [-0.25, -0.2) is 4.39 Å². The molecule has 142 valence electrons. The number of likely N-dealkylation sites (tertiary alicyclic amines) is 1. The molecule has 1 heterocycles. The molecular weight excluding hydrogens is 341 g/mol. The normalized spacial score (nSPS) is 27.3. The zero-order valence-electron chi connectivity index (χ0n) is 15.4. The number of aliphatic hydroxyl groups is 1. The molecule has 1 saturated carbocycles. The Morgan fingerprint density at radius 2 is 1.59 bits per heavy atom. The van der Waals surface area contributed by atoms with E-state index < -0.39 is 23.7 Å². The van der Waals surface area contributed by atoms with Crippen molar-refractivity contribution in [3.05, 3.63) is 71.8 Å². The molecule has 3 nitrogen and oxygen atoms in total. The van der Waals surface area contributed by atoms with Gasteiger partial charge in [0.25, 0.3) is 5.91 Å². The Morgan fingerprint density at radius 1 is 1.00 bits per heavy atom. The van der Waals surface area contributed by atoms with Crippen LogP contribution < -0.4 is 0 Å². The van der Waals surface area contributed by atoms with Crippen molar-refractivity contribution in [1.29, 1.82) is 0 Å². The molecule has 1 unspecified atom stereocenters. The van der Waals surface area contributed by atoms with Crippen molar-refractivity contribution in [1.82, 2.24) is 4.90 Å². The summed E-state index contributed by atoms with van der Waals surface area (Å²) in [6.07, 6.45) is 3.45. The standard InChI is InChI=1S/C23H26FNO2/c24-23(21(26)19-14-8-3-9-15-19)20(18-12-6-2-7-13-18)25(22(23)27)16-17-10-4-1-5-11-17/h1-2,4-7,10-13,19-21,26H,3,8-9,14-16H2/t20-,21?,23-/m0/s1. The van der Waals surface area contributed by atoms with Crippen LogP contribution in [0.4, 0.5) is 4.39 Å². The molecule has 0 spiro atoms. The third-order valence-electron chi connectivity index (χ3n) is 6.14. The molecule has 1 amide bonds. The van der Waals surface area contributed by atoms with E-state index in [2.05, 4.69) is 0 Å².